The van der Waals surface area contributed by atoms with Gasteiger partial charge in [0.1, 0.15) is 0 Å². The van der Waals surface area contributed by atoms with Crippen LogP contribution < -0.4 is 0 Å². The molecule has 0 saturated carbocycles. The van der Waals surface area contributed by atoms with Crippen molar-refractivity contribution in [2.24, 2.45) is 5.92 Å². The van der Waals surface area contributed by atoms with Gasteiger partial charge in [-0.1, -0.05) is 17.7 Å². The first-order valence-electron chi connectivity index (χ1n) is 3.90. The van der Waals surface area contributed by atoms with Gasteiger partial charge in [-0.25, -0.2) is 0 Å². The molecule has 0 N–H and O–H groups in total. The summed E-state index contributed by atoms with van der Waals surface area (Å²) in [6, 6.07) is 0. The fourth-order valence-corrected chi connectivity index (χ4v) is 1.73. The number of hydrogen-bond acceptors (Lipinski definition) is 1. The summed E-state index contributed by atoms with van der Waals surface area (Å²) in [7, 11) is 0. The maximum Gasteiger partial charge on any atom is 0.0264 e. The standard InChI is InChI=1S/C8H13Cl2N/c9-3-1-4-11-5-2-8(6-10)7-11/h1,3,8H,2,4-7H2/b3-1+. The predicted octanol–water partition coefficient (Wildman–Crippen LogP) is 2.30. The Balaban J connectivity index is 2.19. The number of alkyl halides is 1. The predicted molar refractivity (Wildman–Crippen MR) is 50.3 cm³/mol. The van der Waals surface area contributed by atoms with Crippen molar-refractivity contribution in [2.45, 2.75) is 6.42 Å². The lowest BCUT2D eigenvalue weighted by Crippen LogP contribution is -2.20. The molecule has 1 heterocycles. The molecule has 64 valence electrons. The highest BCUT2D eigenvalue weighted by Gasteiger charge is 2.19. The SMILES string of the molecule is Cl/C=C/CN1CCC(CCl)C1. The van der Waals surface area contributed by atoms with Crippen molar-refractivity contribution in [3.63, 3.8) is 0 Å². The Bertz CT molecular complexity index is 136. The van der Waals surface area contributed by atoms with Crippen molar-refractivity contribution >= 4 is 23.2 Å². The van der Waals surface area contributed by atoms with Crippen molar-refractivity contribution < 1.29 is 0 Å². The Morgan fingerprint density at radius 2 is 2.36 bits per heavy atom. The van der Waals surface area contributed by atoms with Crippen LogP contribution in [-0.4, -0.2) is 30.4 Å². The minimum absolute atomic E-state index is 0.695. The molecule has 1 aliphatic heterocycles. The van der Waals surface area contributed by atoms with Crippen LogP contribution in [0.5, 0.6) is 0 Å². The highest BCUT2D eigenvalue weighted by molar-refractivity contribution is 6.25. The molecule has 0 radical (unpaired) electrons. The number of likely N-dealkylation sites (tertiary alicyclic amines) is 1. The van der Waals surface area contributed by atoms with Crippen LogP contribution in [0.15, 0.2) is 11.6 Å². The van der Waals surface area contributed by atoms with Gasteiger partial charge >= 0.3 is 0 Å². The largest absolute Gasteiger partial charge is 0.299 e. The van der Waals surface area contributed by atoms with E-state index in [-0.39, 0.29) is 0 Å². The molecule has 1 fully saturated rings. The van der Waals surface area contributed by atoms with Gasteiger partial charge in [-0.05, 0) is 18.9 Å². The van der Waals surface area contributed by atoms with E-state index in [9.17, 15) is 0 Å². The van der Waals surface area contributed by atoms with Gasteiger partial charge in [0.25, 0.3) is 0 Å². The Kier molecular flexibility index (Phi) is 4.28. The van der Waals surface area contributed by atoms with Crippen LogP contribution in [0.1, 0.15) is 6.42 Å². The monoisotopic (exact) mass is 193 g/mol. The van der Waals surface area contributed by atoms with Gasteiger partial charge in [0.2, 0.25) is 0 Å². The van der Waals surface area contributed by atoms with Gasteiger partial charge in [0.15, 0.2) is 0 Å². The molecule has 3 heteroatoms. The lowest BCUT2D eigenvalue weighted by atomic mass is 10.2. The summed E-state index contributed by atoms with van der Waals surface area (Å²) in [6.07, 6.45) is 3.21. The molecule has 0 bridgehead atoms. The average molecular weight is 194 g/mol. The zero-order valence-electron chi connectivity index (χ0n) is 6.47. The zero-order chi connectivity index (χ0) is 8.10. The van der Waals surface area contributed by atoms with E-state index in [4.69, 9.17) is 23.2 Å². The van der Waals surface area contributed by atoms with Crippen molar-refractivity contribution in [3.8, 4) is 0 Å². The third-order valence-corrected chi connectivity index (χ3v) is 2.66. The van der Waals surface area contributed by atoms with Crippen LogP contribution in [-0.2, 0) is 0 Å². The number of hydrogen-bond donors (Lipinski definition) is 0. The second-order valence-electron chi connectivity index (χ2n) is 2.93. The molecule has 0 aromatic rings. The van der Waals surface area contributed by atoms with Crippen LogP contribution in [0.4, 0.5) is 0 Å². The zero-order valence-corrected chi connectivity index (χ0v) is 7.98. The van der Waals surface area contributed by atoms with Gasteiger partial charge in [-0.3, -0.25) is 4.90 Å². The van der Waals surface area contributed by atoms with Crippen LogP contribution in [0.2, 0.25) is 0 Å². The summed E-state index contributed by atoms with van der Waals surface area (Å²) in [4.78, 5) is 2.37. The second-order valence-corrected chi connectivity index (χ2v) is 3.49. The van der Waals surface area contributed by atoms with Crippen LogP contribution >= 0.6 is 23.2 Å². The smallest absolute Gasteiger partial charge is 0.0264 e. The van der Waals surface area contributed by atoms with E-state index in [1.165, 1.54) is 13.0 Å². The Labute approximate surface area is 78.0 Å². The van der Waals surface area contributed by atoms with Gasteiger partial charge in [-0.2, -0.15) is 0 Å². The molecule has 0 spiro atoms. The molecule has 0 aromatic carbocycles. The fraction of sp³-hybridized carbons (Fsp3) is 0.750. The fourth-order valence-electron chi connectivity index (χ4n) is 1.39. The number of nitrogens with zero attached hydrogens (tertiary/aromatic N) is 1. The molecule has 11 heavy (non-hydrogen) atoms. The van der Waals surface area contributed by atoms with Gasteiger partial charge in [-0.15, -0.1) is 11.6 Å². The van der Waals surface area contributed by atoms with E-state index < -0.39 is 0 Å². The summed E-state index contributed by atoms with van der Waals surface area (Å²) in [5.74, 6) is 1.49. The van der Waals surface area contributed by atoms with Crippen molar-refractivity contribution in [3.05, 3.63) is 11.6 Å². The summed E-state index contributed by atoms with van der Waals surface area (Å²) < 4.78 is 0. The molecule has 0 aliphatic carbocycles. The number of rotatable bonds is 3. The van der Waals surface area contributed by atoms with E-state index >= 15 is 0 Å². The maximum atomic E-state index is 5.74. The number of halogens is 2. The summed E-state index contributed by atoms with van der Waals surface area (Å²) in [5, 5.41) is 0. The summed E-state index contributed by atoms with van der Waals surface area (Å²) in [6.45, 7) is 3.26. The molecule has 1 nitrogen and oxygen atoms in total. The molecule has 1 unspecified atom stereocenters. The van der Waals surface area contributed by atoms with Gasteiger partial charge in [0.05, 0.1) is 0 Å². The quantitative estimate of drug-likeness (QED) is 0.623. The Morgan fingerprint density at radius 1 is 1.55 bits per heavy atom. The summed E-state index contributed by atoms with van der Waals surface area (Å²) >= 11 is 11.2. The molecule has 1 atom stereocenters. The van der Waals surface area contributed by atoms with Crippen LogP contribution in [0.25, 0.3) is 0 Å². The minimum atomic E-state index is 0.695. The minimum Gasteiger partial charge on any atom is -0.299 e. The van der Waals surface area contributed by atoms with Gasteiger partial charge < -0.3 is 0 Å². The van der Waals surface area contributed by atoms with Crippen LogP contribution in [0.3, 0.4) is 0 Å². The Hall–Kier alpha value is 0.280. The lowest BCUT2D eigenvalue weighted by molar-refractivity contribution is 0.364. The first-order valence-corrected chi connectivity index (χ1v) is 4.87. The Morgan fingerprint density at radius 3 is 2.91 bits per heavy atom. The first-order chi connectivity index (χ1) is 5.36. The van der Waals surface area contributed by atoms with Gasteiger partial charge in [0, 0.05) is 24.5 Å². The molecule has 0 aromatic heterocycles. The molecule has 0 amide bonds. The topological polar surface area (TPSA) is 3.24 Å². The van der Waals surface area contributed by atoms with Crippen molar-refractivity contribution in [1.82, 2.24) is 4.90 Å². The summed E-state index contributed by atoms with van der Waals surface area (Å²) in [5.41, 5.74) is 1.58. The van der Waals surface area contributed by atoms with E-state index in [1.807, 2.05) is 6.08 Å². The first kappa shape index (κ1) is 9.37. The molecule has 1 rings (SSSR count). The molecule has 1 saturated heterocycles. The average Bonchev–Trinajstić information content (AvgIpc) is 2.48. The molecular weight excluding hydrogens is 181 g/mol. The normalized spacial score (nSPS) is 26.9. The third kappa shape index (κ3) is 3.02. The second kappa shape index (κ2) is 5.02. The third-order valence-electron chi connectivity index (χ3n) is 2.04. The molecular formula is C8H13Cl2N. The van der Waals surface area contributed by atoms with Crippen molar-refractivity contribution in [2.75, 3.05) is 25.5 Å². The van der Waals surface area contributed by atoms with E-state index in [0.29, 0.717) is 5.92 Å². The van der Waals surface area contributed by atoms with E-state index in [1.54, 1.807) is 5.54 Å². The molecule has 1 aliphatic rings. The highest BCUT2D eigenvalue weighted by atomic mass is 35.5. The van der Waals surface area contributed by atoms with Crippen LogP contribution in [0, 0.1) is 5.92 Å². The highest BCUT2D eigenvalue weighted by Crippen LogP contribution is 2.16. The maximum absolute atomic E-state index is 5.74. The lowest BCUT2D eigenvalue weighted by Gasteiger charge is -2.11. The van der Waals surface area contributed by atoms with E-state index in [0.717, 1.165) is 19.0 Å². The van der Waals surface area contributed by atoms with E-state index in [2.05, 4.69) is 4.90 Å². The van der Waals surface area contributed by atoms with Crippen molar-refractivity contribution in [1.29, 1.82) is 0 Å².